The molecule has 5 heteroatoms. The van der Waals surface area contributed by atoms with Crippen molar-refractivity contribution in [1.82, 2.24) is 15.0 Å². The van der Waals surface area contributed by atoms with E-state index < -0.39 is 0 Å². The Bertz CT molecular complexity index is 618. The van der Waals surface area contributed by atoms with Gasteiger partial charge in [0.1, 0.15) is 0 Å². The molecule has 0 aliphatic heterocycles. The van der Waals surface area contributed by atoms with Gasteiger partial charge < -0.3 is 9.42 Å². The highest BCUT2D eigenvalue weighted by atomic mass is 16.5. The van der Waals surface area contributed by atoms with Crippen LogP contribution < -0.4 is 0 Å². The van der Waals surface area contributed by atoms with Crippen LogP contribution in [0.5, 0.6) is 0 Å². The minimum Gasteiger partial charge on any atom is -0.342 e. The van der Waals surface area contributed by atoms with Crippen LogP contribution >= 0.6 is 0 Å². The normalized spacial score (nSPS) is 33.7. The largest absolute Gasteiger partial charge is 0.342 e. The van der Waals surface area contributed by atoms with Gasteiger partial charge in [-0.05, 0) is 55.8 Å². The van der Waals surface area contributed by atoms with Crippen molar-refractivity contribution in [2.24, 2.45) is 23.7 Å². The smallest absolute Gasteiger partial charge is 0.227 e. The van der Waals surface area contributed by atoms with E-state index in [9.17, 15) is 4.79 Å². The first kappa shape index (κ1) is 17.0. The summed E-state index contributed by atoms with van der Waals surface area (Å²) in [5.41, 5.74) is -0.122. The molecule has 1 aromatic rings. The summed E-state index contributed by atoms with van der Waals surface area (Å²) in [5, 5.41) is 4.05. The van der Waals surface area contributed by atoms with Gasteiger partial charge in [0.2, 0.25) is 11.8 Å². The molecule has 4 bridgehead atoms. The zero-order chi connectivity index (χ0) is 17.8. The van der Waals surface area contributed by atoms with E-state index in [0.29, 0.717) is 30.6 Å². The maximum absolute atomic E-state index is 12.8. The molecule has 4 fully saturated rings. The summed E-state index contributed by atoms with van der Waals surface area (Å²) in [7, 11) is 2.02. The van der Waals surface area contributed by atoms with E-state index in [0.717, 1.165) is 23.7 Å². The van der Waals surface area contributed by atoms with Crippen molar-refractivity contribution >= 4 is 5.91 Å². The molecule has 25 heavy (non-hydrogen) atoms. The number of carbonyl (C=O) groups excluding carboxylic acids is 1. The molecule has 4 saturated carbocycles. The van der Waals surface area contributed by atoms with Crippen LogP contribution in [0, 0.1) is 23.7 Å². The molecule has 0 aromatic carbocycles. The molecule has 1 amide bonds. The maximum Gasteiger partial charge on any atom is 0.227 e. The number of nitrogens with zero attached hydrogens (tertiary/aromatic N) is 3. The number of aryl methyl sites for hydroxylation is 1. The Morgan fingerprint density at radius 3 is 2.24 bits per heavy atom. The molecule has 0 radical (unpaired) electrons. The second kappa shape index (κ2) is 6.10. The third-order valence-electron chi connectivity index (χ3n) is 6.71. The molecule has 0 unspecified atom stereocenters. The van der Waals surface area contributed by atoms with Crippen LogP contribution in [0.2, 0.25) is 0 Å². The minimum absolute atomic E-state index is 0.122. The van der Waals surface area contributed by atoms with E-state index in [4.69, 9.17) is 4.52 Å². The van der Waals surface area contributed by atoms with Gasteiger partial charge >= 0.3 is 0 Å². The van der Waals surface area contributed by atoms with Crippen LogP contribution in [0.25, 0.3) is 0 Å². The van der Waals surface area contributed by atoms with Crippen molar-refractivity contribution in [2.75, 3.05) is 7.05 Å². The maximum atomic E-state index is 12.8. The van der Waals surface area contributed by atoms with Crippen LogP contribution in [0.3, 0.4) is 0 Å². The van der Waals surface area contributed by atoms with E-state index in [1.54, 1.807) is 0 Å². The molecule has 0 spiro atoms. The third-order valence-corrected chi connectivity index (χ3v) is 6.71. The van der Waals surface area contributed by atoms with Gasteiger partial charge in [-0.15, -0.1) is 0 Å². The number of amides is 1. The summed E-state index contributed by atoms with van der Waals surface area (Å²) in [4.78, 5) is 19.3. The van der Waals surface area contributed by atoms with Crippen molar-refractivity contribution in [3.63, 3.8) is 0 Å². The predicted octanol–water partition coefficient (Wildman–Crippen LogP) is 3.58. The molecule has 1 aromatic heterocycles. The van der Waals surface area contributed by atoms with E-state index in [1.807, 2.05) is 7.05 Å². The van der Waals surface area contributed by atoms with Crippen LogP contribution in [-0.4, -0.2) is 34.0 Å². The molecular weight excluding hydrogens is 314 g/mol. The van der Waals surface area contributed by atoms with Gasteiger partial charge in [0.15, 0.2) is 5.82 Å². The summed E-state index contributed by atoms with van der Waals surface area (Å²) in [6.45, 7) is 6.19. The lowest BCUT2D eigenvalue weighted by molar-refractivity contribution is -0.141. The number of hydrogen-bond acceptors (Lipinski definition) is 4. The van der Waals surface area contributed by atoms with Gasteiger partial charge in [0, 0.05) is 31.3 Å². The van der Waals surface area contributed by atoms with Crippen LogP contribution in [0.4, 0.5) is 0 Å². The van der Waals surface area contributed by atoms with Crippen LogP contribution in [-0.2, 0) is 16.6 Å². The fourth-order valence-corrected chi connectivity index (χ4v) is 5.75. The molecule has 138 valence electrons. The molecule has 4 aliphatic carbocycles. The molecule has 0 N–H and O–H groups in total. The standard InChI is InChI=1S/C20H31N3O2/c1-20(2,3)19-21-16(25-22-19)5-6-17(24)23(4)18-14-8-12-7-13(10-14)11-15(18)9-12/h12-15,18H,5-11H2,1-4H3. The van der Waals surface area contributed by atoms with Gasteiger partial charge in [-0.2, -0.15) is 4.98 Å². The zero-order valence-electron chi connectivity index (χ0n) is 16.0. The Morgan fingerprint density at radius 1 is 1.12 bits per heavy atom. The fourth-order valence-electron chi connectivity index (χ4n) is 5.75. The number of aromatic nitrogens is 2. The van der Waals surface area contributed by atoms with Gasteiger partial charge in [0.25, 0.3) is 0 Å². The molecule has 4 aliphatic rings. The van der Waals surface area contributed by atoms with Crippen LogP contribution in [0.15, 0.2) is 4.52 Å². The van der Waals surface area contributed by atoms with Crippen molar-refractivity contribution in [2.45, 2.75) is 77.2 Å². The average molecular weight is 345 g/mol. The SMILES string of the molecule is CN(C(=O)CCc1nc(C(C)(C)C)no1)C1C2CC3CC(C2)CC1C3. The highest BCUT2D eigenvalue weighted by Gasteiger charge is 2.50. The quantitative estimate of drug-likeness (QED) is 0.837. The molecule has 0 saturated heterocycles. The molecule has 0 atom stereocenters. The first-order chi connectivity index (χ1) is 11.8. The summed E-state index contributed by atoms with van der Waals surface area (Å²) < 4.78 is 5.33. The van der Waals surface area contributed by atoms with Gasteiger partial charge in [-0.3, -0.25) is 4.79 Å². The number of hydrogen-bond donors (Lipinski definition) is 0. The summed E-state index contributed by atoms with van der Waals surface area (Å²) in [6, 6.07) is 0.466. The lowest BCUT2D eigenvalue weighted by Gasteiger charge is -2.56. The molecule has 5 rings (SSSR count). The summed E-state index contributed by atoms with van der Waals surface area (Å²) in [6.07, 6.45) is 7.82. The van der Waals surface area contributed by atoms with Crippen molar-refractivity contribution in [3.05, 3.63) is 11.7 Å². The number of carbonyl (C=O) groups is 1. The van der Waals surface area contributed by atoms with Crippen molar-refractivity contribution < 1.29 is 9.32 Å². The Hall–Kier alpha value is -1.39. The van der Waals surface area contributed by atoms with Gasteiger partial charge in [-0.1, -0.05) is 25.9 Å². The Balaban J connectivity index is 1.36. The van der Waals surface area contributed by atoms with Crippen molar-refractivity contribution in [3.8, 4) is 0 Å². The zero-order valence-corrected chi connectivity index (χ0v) is 16.0. The molecule has 1 heterocycles. The van der Waals surface area contributed by atoms with Crippen molar-refractivity contribution in [1.29, 1.82) is 0 Å². The van der Waals surface area contributed by atoms with Gasteiger partial charge in [-0.25, -0.2) is 0 Å². The summed E-state index contributed by atoms with van der Waals surface area (Å²) >= 11 is 0. The first-order valence-corrected chi connectivity index (χ1v) is 9.90. The molecule has 5 nitrogen and oxygen atoms in total. The first-order valence-electron chi connectivity index (χ1n) is 9.90. The minimum atomic E-state index is -0.122. The number of rotatable bonds is 4. The van der Waals surface area contributed by atoms with E-state index in [-0.39, 0.29) is 11.3 Å². The van der Waals surface area contributed by atoms with E-state index in [1.165, 1.54) is 32.1 Å². The molecular formula is C20H31N3O2. The highest BCUT2D eigenvalue weighted by molar-refractivity contribution is 5.76. The lowest BCUT2D eigenvalue weighted by Crippen LogP contribution is -2.56. The average Bonchev–Trinajstić information content (AvgIpc) is 3.00. The Morgan fingerprint density at radius 2 is 1.72 bits per heavy atom. The Labute approximate surface area is 150 Å². The fraction of sp³-hybridized carbons (Fsp3) is 0.850. The topological polar surface area (TPSA) is 59.2 Å². The van der Waals surface area contributed by atoms with E-state index >= 15 is 0 Å². The second-order valence-electron chi connectivity index (χ2n) is 9.69. The lowest BCUT2D eigenvalue weighted by atomic mass is 9.54. The Kier molecular flexibility index (Phi) is 4.16. The highest BCUT2D eigenvalue weighted by Crippen LogP contribution is 2.55. The van der Waals surface area contributed by atoms with Crippen LogP contribution in [0.1, 0.15) is 71.0 Å². The van der Waals surface area contributed by atoms with E-state index in [2.05, 4.69) is 35.8 Å². The summed E-state index contributed by atoms with van der Waals surface area (Å²) in [5.74, 6) is 4.88. The van der Waals surface area contributed by atoms with Gasteiger partial charge in [0.05, 0.1) is 0 Å². The monoisotopic (exact) mass is 345 g/mol. The second-order valence-corrected chi connectivity index (χ2v) is 9.69. The third kappa shape index (κ3) is 3.22. The predicted molar refractivity (Wildman–Crippen MR) is 94.9 cm³/mol.